The number of anilines is 1. The van der Waals surface area contributed by atoms with Crippen molar-refractivity contribution in [1.29, 1.82) is 0 Å². The fraction of sp³-hybridized carbons (Fsp3) is 0.207. The minimum atomic E-state index is -3.77. The van der Waals surface area contributed by atoms with Crippen molar-refractivity contribution >= 4 is 39.3 Å². The number of nitrogens with zero attached hydrogens (tertiary/aromatic N) is 2. The van der Waals surface area contributed by atoms with Gasteiger partial charge in [0.15, 0.2) is 0 Å². The maximum atomic E-state index is 13.1. The third-order valence-corrected chi connectivity index (χ3v) is 8.55. The van der Waals surface area contributed by atoms with E-state index in [1.807, 2.05) is 35.2 Å². The number of carbonyl (C=O) groups is 1. The van der Waals surface area contributed by atoms with Crippen molar-refractivity contribution in [3.05, 3.63) is 117 Å². The highest BCUT2D eigenvalue weighted by molar-refractivity contribution is 7.96. The van der Waals surface area contributed by atoms with Crippen molar-refractivity contribution in [2.45, 2.75) is 12.6 Å². The molecule has 7 nitrogen and oxygen atoms in total. The number of aliphatic hydroxyl groups excluding tert-OH is 1. The molecule has 5 rings (SSSR count). The number of nitrogens with one attached hydrogen (secondary N) is 1. The van der Waals surface area contributed by atoms with Gasteiger partial charge in [0, 0.05) is 48.9 Å². The Morgan fingerprint density at radius 2 is 1.61 bits per heavy atom. The Bertz CT molecular complexity index is 1480. The molecule has 1 aliphatic carbocycles. The molecule has 0 aromatic heterocycles. The zero-order valence-electron chi connectivity index (χ0n) is 20.6. The number of hydrogen-bond acceptors (Lipinski definition) is 5. The number of hydrogen-bond donors (Lipinski definition) is 2. The van der Waals surface area contributed by atoms with E-state index in [9.17, 15) is 18.3 Å². The molecule has 2 N–H and O–H groups in total. The molecule has 9 heteroatoms. The number of carbonyl (C=O) groups excluding carboxylic acids is 1. The average molecular weight is 550 g/mol. The predicted molar refractivity (Wildman–Crippen MR) is 150 cm³/mol. The topological polar surface area (TPSA) is 90.0 Å². The second-order valence-electron chi connectivity index (χ2n) is 9.30. The molecule has 1 saturated heterocycles. The van der Waals surface area contributed by atoms with E-state index in [4.69, 9.17) is 11.6 Å². The number of rotatable bonds is 6. The molecule has 2 aliphatic rings. The number of sulfonamides is 1. The van der Waals surface area contributed by atoms with Gasteiger partial charge in [-0.05, 0) is 59.2 Å². The number of halogens is 1. The zero-order valence-corrected chi connectivity index (χ0v) is 22.2. The smallest absolute Gasteiger partial charge is 0.258 e. The van der Waals surface area contributed by atoms with Crippen molar-refractivity contribution < 1.29 is 18.3 Å². The summed E-state index contributed by atoms with van der Waals surface area (Å²) in [7, 11) is -3.77. The monoisotopic (exact) mass is 549 g/mol. The summed E-state index contributed by atoms with van der Waals surface area (Å²) in [6.45, 7) is 2.00. The fourth-order valence-electron chi connectivity index (χ4n) is 4.65. The van der Waals surface area contributed by atoms with Crippen molar-refractivity contribution in [1.82, 2.24) is 9.80 Å². The Hall–Kier alpha value is -3.43. The fourth-order valence-corrected chi connectivity index (χ4v) is 5.95. The molecule has 3 aromatic carbocycles. The highest BCUT2D eigenvalue weighted by Crippen LogP contribution is 2.25. The van der Waals surface area contributed by atoms with E-state index in [0.717, 1.165) is 16.7 Å². The largest absolute Gasteiger partial charge is 0.374 e. The van der Waals surface area contributed by atoms with E-state index in [-0.39, 0.29) is 10.8 Å². The Labute approximate surface area is 227 Å². The van der Waals surface area contributed by atoms with Crippen LogP contribution in [0.25, 0.3) is 6.08 Å². The first kappa shape index (κ1) is 26.2. The van der Waals surface area contributed by atoms with E-state index < -0.39 is 16.3 Å². The van der Waals surface area contributed by atoms with Crippen molar-refractivity contribution in [2.24, 2.45) is 0 Å². The number of piperazine rings is 1. The molecule has 3 aromatic rings. The summed E-state index contributed by atoms with van der Waals surface area (Å²) in [5, 5.41) is 11.3. The molecule has 1 heterocycles. The van der Waals surface area contributed by atoms with Gasteiger partial charge < -0.3 is 10.0 Å². The average Bonchev–Trinajstić information content (AvgIpc) is 3.16. The highest BCUT2D eigenvalue weighted by Gasteiger charge is 2.27. The van der Waals surface area contributed by atoms with Crippen molar-refractivity contribution in [3.8, 4) is 0 Å². The molecule has 0 spiro atoms. The van der Waals surface area contributed by atoms with Gasteiger partial charge in [0.05, 0.1) is 4.91 Å². The van der Waals surface area contributed by atoms with E-state index >= 15 is 0 Å². The van der Waals surface area contributed by atoms with Gasteiger partial charge in [-0.1, -0.05) is 60.2 Å². The summed E-state index contributed by atoms with van der Waals surface area (Å²) in [5.74, 6) is -0.131. The first-order valence-electron chi connectivity index (χ1n) is 12.3. The van der Waals surface area contributed by atoms with E-state index in [2.05, 4.69) is 4.72 Å². The molecule has 196 valence electrons. The van der Waals surface area contributed by atoms with Crippen molar-refractivity contribution in [2.75, 3.05) is 30.9 Å². The first-order valence-corrected chi connectivity index (χ1v) is 14.2. The molecule has 0 radical (unpaired) electrons. The highest BCUT2D eigenvalue weighted by atomic mass is 35.5. The van der Waals surface area contributed by atoms with Crippen LogP contribution in [0.1, 0.15) is 33.3 Å². The molecule has 38 heavy (non-hydrogen) atoms. The predicted octanol–water partition coefficient (Wildman–Crippen LogP) is 4.68. The van der Waals surface area contributed by atoms with Gasteiger partial charge in [-0.3, -0.25) is 14.4 Å². The van der Waals surface area contributed by atoms with Crippen LogP contribution in [0.5, 0.6) is 0 Å². The number of aliphatic hydroxyl groups is 1. The van der Waals surface area contributed by atoms with Crippen LogP contribution in [0, 0.1) is 0 Å². The van der Waals surface area contributed by atoms with Gasteiger partial charge in [0.2, 0.25) is 0 Å². The lowest BCUT2D eigenvalue weighted by molar-refractivity contribution is -0.0240. The van der Waals surface area contributed by atoms with E-state index in [1.165, 1.54) is 0 Å². The number of allylic oxidation sites excluding steroid dienone is 3. The summed E-state index contributed by atoms with van der Waals surface area (Å²) in [6, 6.07) is 21.2. The maximum Gasteiger partial charge on any atom is 0.258 e. The molecule has 0 bridgehead atoms. The maximum absolute atomic E-state index is 13.1. The number of benzene rings is 3. The minimum absolute atomic E-state index is 0.131. The minimum Gasteiger partial charge on any atom is -0.374 e. The van der Waals surface area contributed by atoms with Crippen molar-refractivity contribution in [3.63, 3.8) is 0 Å². The van der Waals surface area contributed by atoms with Crippen LogP contribution in [0.4, 0.5) is 5.69 Å². The van der Waals surface area contributed by atoms with Crippen LogP contribution in [-0.4, -0.2) is 55.4 Å². The quantitative estimate of drug-likeness (QED) is 0.466. The molecular weight excluding hydrogens is 522 g/mol. The Balaban J connectivity index is 1.19. The zero-order chi connectivity index (χ0) is 26.7. The summed E-state index contributed by atoms with van der Waals surface area (Å²) < 4.78 is 28.8. The summed E-state index contributed by atoms with van der Waals surface area (Å²) in [6.07, 6.45) is 4.80. The molecular formula is C29H28ClN3O4S. The molecule has 1 amide bonds. The van der Waals surface area contributed by atoms with Gasteiger partial charge in [0.1, 0.15) is 6.23 Å². The lowest BCUT2D eigenvalue weighted by atomic mass is 10.1. The second-order valence-corrected chi connectivity index (χ2v) is 11.5. The standard InChI is InChI=1S/C29H28ClN3O4S/c30-25-12-8-22(9-13-25)28(34)32-16-18-33(19-17-32)29(35)23-10-14-26(15-11-23)31-38(36,37)27-7-3-6-21-4-1-2-5-24(21)20-27/h1-15,28,31,34H,16-20H2. The lowest BCUT2D eigenvalue weighted by Gasteiger charge is -2.37. The van der Waals surface area contributed by atoms with Crippen LogP contribution in [-0.2, 0) is 16.4 Å². The third kappa shape index (κ3) is 5.84. The molecule has 1 fully saturated rings. The molecule has 1 atom stereocenters. The van der Waals surface area contributed by atoms with Crippen LogP contribution >= 0.6 is 11.6 Å². The van der Waals surface area contributed by atoms with Gasteiger partial charge in [-0.2, -0.15) is 0 Å². The number of amides is 1. The third-order valence-electron chi connectivity index (χ3n) is 6.82. The molecule has 1 aliphatic heterocycles. The van der Waals surface area contributed by atoms with Crippen LogP contribution in [0.15, 0.2) is 89.9 Å². The van der Waals surface area contributed by atoms with Crippen LogP contribution < -0.4 is 4.72 Å². The summed E-state index contributed by atoms with van der Waals surface area (Å²) >= 11 is 5.94. The van der Waals surface area contributed by atoms with Gasteiger partial charge in [-0.25, -0.2) is 8.42 Å². The van der Waals surface area contributed by atoms with Crippen LogP contribution in [0.2, 0.25) is 5.02 Å². The Morgan fingerprint density at radius 3 is 2.32 bits per heavy atom. The Kier molecular flexibility index (Phi) is 7.67. The second kappa shape index (κ2) is 11.1. The van der Waals surface area contributed by atoms with Crippen LogP contribution in [0.3, 0.4) is 0 Å². The Morgan fingerprint density at radius 1 is 0.921 bits per heavy atom. The summed E-state index contributed by atoms with van der Waals surface area (Å²) in [5.41, 5.74) is 3.56. The van der Waals surface area contributed by atoms with E-state index in [1.54, 1.807) is 65.6 Å². The van der Waals surface area contributed by atoms with E-state index in [0.29, 0.717) is 48.9 Å². The molecule has 0 saturated carbocycles. The lowest BCUT2D eigenvalue weighted by Crippen LogP contribution is -2.49. The SMILES string of the molecule is O=C(c1ccc(NS(=O)(=O)C2=CC=Cc3ccccc3C2)cc1)N1CCN(C(O)c2ccc(Cl)cc2)CC1. The number of fused-ring (bicyclic) bond motifs is 1. The van der Waals surface area contributed by atoms with Gasteiger partial charge in [-0.15, -0.1) is 0 Å². The van der Waals surface area contributed by atoms with Gasteiger partial charge >= 0.3 is 0 Å². The molecule has 1 unspecified atom stereocenters. The normalized spacial score (nSPS) is 16.8. The first-order chi connectivity index (χ1) is 18.3. The van der Waals surface area contributed by atoms with Gasteiger partial charge in [0.25, 0.3) is 15.9 Å². The summed E-state index contributed by atoms with van der Waals surface area (Å²) in [4.78, 5) is 17.0.